The van der Waals surface area contributed by atoms with Crippen LogP contribution in [0.3, 0.4) is 0 Å². The fraction of sp³-hybridized carbons (Fsp3) is 0.636. The lowest BCUT2D eigenvalue weighted by Gasteiger charge is -2.29. The molecule has 2 aromatic rings. The van der Waals surface area contributed by atoms with Gasteiger partial charge in [-0.3, -0.25) is 4.57 Å². The van der Waals surface area contributed by atoms with Gasteiger partial charge in [-0.15, -0.1) is 0 Å². The van der Waals surface area contributed by atoms with E-state index in [4.69, 9.17) is 9.47 Å². The number of benzene rings is 1. The molecule has 0 unspecified atom stereocenters. The maximum atomic E-state index is 14.7. The van der Waals surface area contributed by atoms with Gasteiger partial charge in [0.1, 0.15) is 22.9 Å². The van der Waals surface area contributed by atoms with Gasteiger partial charge in [-0.05, 0) is 38.5 Å². The number of halogens is 5. The van der Waals surface area contributed by atoms with Gasteiger partial charge in [-0.1, -0.05) is 6.92 Å². The van der Waals surface area contributed by atoms with Gasteiger partial charge in [0.2, 0.25) is 0 Å². The van der Waals surface area contributed by atoms with E-state index in [9.17, 15) is 26.7 Å². The number of rotatable bonds is 9. The highest BCUT2D eigenvalue weighted by atomic mass is 19.4. The number of aryl methyl sites for hydroxylation is 1. The molecule has 0 saturated heterocycles. The summed E-state index contributed by atoms with van der Waals surface area (Å²) in [6, 6.07) is 0.519. The molecule has 3 rings (SSSR count). The SMILES string of the molecule is CC(=O)C[C@@H](C)COC1CCC(Oc2nc3c(F)cc(OCC(F)(F)F)c(F)c3n2C)CC1. The number of hydrogen-bond donors (Lipinski definition) is 0. The van der Waals surface area contributed by atoms with E-state index in [2.05, 4.69) is 9.72 Å². The monoisotopic (exact) mass is 478 g/mol. The minimum absolute atomic E-state index is 0.0322. The van der Waals surface area contributed by atoms with Crippen LogP contribution < -0.4 is 9.47 Å². The number of ketones is 1. The molecular formula is C22H27F5N2O4. The van der Waals surface area contributed by atoms with Gasteiger partial charge in [0.25, 0.3) is 6.01 Å². The van der Waals surface area contributed by atoms with Gasteiger partial charge in [-0.25, -0.2) is 8.78 Å². The summed E-state index contributed by atoms with van der Waals surface area (Å²) < 4.78 is 83.7. The van der Waals surface area contributed by atoms with E-state index in [0.717, 1.165) is 12.8 Å². The zero-order chi connectivity index (χ0) is 24.3. The molecule has 0 aliphatic heterocycles. The van der Waals surface area contributed by atoms with Crippen molar-refractivity contribution in [2.75, 3.05) is 13.2 Å². The Hall–Kier alpha value is -2.43. The molecule has 1 aromatic heterocycles. The van der Waals surface area contributed by atoms with E-state index in [1.54, 1.807) is 6.92 Å². The second kappa shape index (κ2) is 10.2. The maximum absolute atomic E-state index is 14.7. The molecule has 1 aromatic carbocycles. The van der Waals surface area contributed by atoms with Crippen LogP contribution in [0.5, 0.6) is 11.8 Å². The van der Waals surface area contributed by atoms with Crippen LogP contribution in [0, 0.1) is 17.6 Å². The van der Waals surface area contributed by atoms with Crippen LogP contribution in [0.2, 0.25) is 0 Å². The van der Waals surface area contributed by atoms with E-state index in [-0.39, 0.29) is 41.0 Å². The highest BCUT2D eigenvalue weighted by Gasteiger charge is 2.31. The Morgan fingerprint density at radius 2 is 1.85 bits per heavy atom. The minimum atomic E-state index is -4.69. The number of ether oxygens (including phenoxy) is 3. The van der Waals surface area contributed by atoms with Crippen LogP contribution in [0.4, 0.5) is 22.0 Å². The molecule has 1 fully saturated rings. The smallest absolute Gasteiger partial charge is 0.422 e. The van der Waals surface area contributed by atoms with Crippen LogP contribution in [0.15, 0.2) is 6.07 Å². The first-order valence-corrected chi connectivity index (χ1v) is 10.8. The Morgan fingerprint density at radius 1 is 1.21 bits per heavy atom. The van der Waals surface area contributed by atoms with Crippen molar-refractivity contribution in [3.8, 4) is 11.8 Å². The summed E-state index contributed by atoms with van der Waals surface area (Å²) in [7, 11) is 1.39. The van der Waals surface area contributed by atoms with Crippen molar-refractivity contribution in [2.24, 2.45) is 13.0 Å². The fourth-order valence-corrected chi connectivity index (χ4v) is 3.95. The Labute approximate surface area is 188 Å². The first kappa shape index (κ1) is 25.2. The van der Waals surface area contributed by atoms with Crippen molar-refractivity contribution in [1.82, 2.24) is 9.55 Å². The largest absolute Gasteiger partial charge is 0.481 e. The summed E-state index contributed by atoms with van der Waals surface area (Å²) in [5.41, 5.74) is -0.681. The van der Waals surface area contributed by atoms with Gasteiger partial charge in [0, 0.05) is 26.1 Å². The highest BCUT2D eigenvalue weighted by molar-refractivity contribution is 5.80. The van der Waals surface area contributed by atoms with Crippen molar-refractivity contribution in [2.45, 2.75) is 64.3 Å². The third-order valence-electron chi connectivity index (χ3n) is 5.50. The molecule has 1 aliphatic rings. The number of Topliss-reactive ketones (excluding diaryl/α,β-unsaturated/α-hetero) is 1. The fourth-order valence-electron chi connectivity index (χ4n) is 3.95. The number of fused-ring (bicyclic) bond motifs is 1. The molecule has 1 saturated carbocycles. The number of nitrogens with zero attached hydrogens (tertiary/aromatic N) is 2. The number of alkyl halides is 3. The van der Waals surface area contributed by atoms with Gasteiger partial charge >= 0.3 is 6.18 Å². The molecule has 1 atom stereocenters. The van der Waals surface area contributed by atoms with Crippen molar-refractivity contribution >= 4 is 16.8 Å². The Kier molecular flexibility index (Phi) is 7.81. The quantitative estimate of drug-likeness (QED) is 0.469. The van der Waals surface area contributed by atoms with E-state index >= 15 is 0 Å². The number of aromatic nitrogens is 2. The van der Waals surface area contributed by atoms with Crippen molar-refractivity contribution in [1.29, 1.82) is 0 Å². The number of carbonyl (C=O) groups is 1. The van der Waals surface area contributed by atoms with Gasteiger partial charge in [0.05, 0.1) is 6.10 Å². The molecule has 11 heteroatoms. The molecular weight excluding hydrogens is 451 g/mol. The van der Waals surface area contributed by atoms with E-state index in [0.29, 0.717) is 31.9 Å². The van der Waals surface area contributed by atoms with E-state index in [1.807, 2.05) is 6.92 Å². The number of carbonyl (C=O) groups excluding carboxylic acids is 1. The van der Waals surface area contributed by atoms with Gasteiger partial charge in [-0.2, -0.15) is 18.2 Å². The summed E-state index contributed by atoms with van der Waals surface area (Å²) in [6.45, 7) is 2.26. The average molecular weight is 478 g/mol. The predicted molar refractivity (Wildman–Crippen MR) is 109 cm³/mol. The normalized spacial score (nSPS) is 20.1. The lowest BCUT2D eigenvalue weighted by atomic mass is 9.95. The Balaban J connectivity index is 1.63. The molecule has 0 amide bonds. The first-order valence-electron chi connectivity index (χ1n) is 10.8. The molecule has 6 nitrogen and oxygen atoms in total. The van der Waals surface area contributed by atoms with Crippen LogP contribution in [0.1, 0.15) is 46.0 Å². The lowest BCUT2D eigenvalue weighted by molar-refractivity contribution is -0.153. The highest BCUT2D eigenvalue weighted by Crippen LogP contribution is 2.33. The molecule has 184 valence electrons. The standard InChI is InChI=1S/C22H27F5N2O4/c1-12(8-13(2)30)10-31-14-4-6-15(7-5-14)33-21-28-19-16(23)9-17(32-11-22(25,26)27)18(24)20(19)29(21)3/h9,12,14-15H,4-8,10-11H2,1-3H3/t12-,14?,15?/m1/s1. The second-order valence-electron chi connectivity index (χ2n) is 8.59. The maximum Gasteiger partial charge on any atom is 0.422 e. The minimum Gasteiger partial charge on any atom is -0.481 e. The van der Waals surface area contributed by atoms with E-state index < -0.39 is 30.2 Å². The van der Waals surface area contributed by atoms with Crippen molar-refractivity contribution in [3.63, 3.8) is 0 Å². The summed E-state index contributed by atoms with van der Waals surface area (Å²) in [5.74, 6) is -2.73. The zero-order valence-electron chi connectivity index (χ0n) is 18.7. The Morgan fingerprint density at radius 3 is 2.45 bits per heavy atom. The molecule has 33 heavy (non-hydrogen) atoms. The molecule has 1 aliphatic carbocycles. The zero-order valence-corrected chi connectivity index (χ0v) is 18.7. The topological polar surface area (TPSA) is 62.6 Å². The summed E-state index contributed by atoms with van der Waals surface area (Å²) in [6.07, 6.45) is -1.70. The van der Waals surface area contributed by atoms with Gasteiger partial charge in [0.15, 0.2) is 24.0 Å². The lowest BCUT2D eigenvalue weighted by Crippen LogP contribution is -2.30. The molecule has 0 spiro atoms. The number of hydrogen-bond acceptors (Lipinski definition) is 5. The molecule has 1 heterocycles. The van der Waals surface area contributed by atoms with E-state index in [1.165, 1.54) is 11.6 Å². The van der Waals surface area contributed by atoms with Crippen LogP contribution in [-0.2, 0) is 16.6 Å². The third-order valence-corrected chi connectivity index (χ3v) is 5.50. The summed E-state index contributed by atoms with van der Waals surface area (Å²) in [5, 5.41) is 0. The predicted octanol–water partition coefficient (Wildman–Crippen LogP) is 5.11. The van der Waals surface area contributed by atoms with Crippen LogP contribution in [0.25, 0.3) is 11.0 Å². The van der Waals surface area contributed by atoms with Crippen LogP contribution >= 0.6 is 0 Å². The second-order valence-corrected chi connectivity index (χ2v) is 8.59. The van der Waals surface area contributed by atoms with Crippen molar-refractivity contribution in [3.05, 3.63) is 17.7 Å². The summed E-state index contributed by atoms with van der Waals surface area (Å²) in [4.78, 5) is 15.2. The summed E-state index contributed by atoms with van der Waals surface area (Å²) >= 11 is 0. The molecule has 0 radical (unpaired) electrons. The Bertz CT molecular complexity index is 984. The molecule has 0 bridgehead atoms. The average Bonchev–Trinajstić information content (AvgIpc) is 3.05. The van der Waals surface area contributed by atoms with Crippen LogP contribution in [-0.4, -0.2) is 46.9 Å². The van der Waals surface area contributed by atoms with Crippen molar-refractivity contribution < 1.29 is 41.0 Å². The number of imidazole rings is 1. The van der Waals surface area contributed by atoms with Gasteiger partial charge < -0.3 is 19.0 Å². The molecule has 0 N–H and O–H groups in total. The third kappa shape index (κ3) is 6.55. The first-order chi connectivity index (χ1) is 15.4.